The van der Waals surface area contributed by atoms with E-state index in [1.54, 1.807) is 0 Å². The Kier molecular flexibility index (Phi) is 3.24. The summed E-state index contributed by atoms with van der Waals surface area (Å²) in [4.78, 5) is 11.9. The fourth-order valence-corrected chi connectivity index (χ4v) is 2.78. The van der Waals surface area contributed by atoms with Gasteiger partial charge in [-0.2, -0.15) is 0 Å². The summed E-state index contributed by atoms with van der Waals surface area (Å²) in [7, 11) is 0. The molecule has 20 heavy (non-hydrogen) atoms. The monoisotopic (exact) mass is 281 g/mol. The largest absolute Gasteiger partial charge is 0.388 e. The number of hydrogen-bond donors (Lipinski definition) is 2. The van der Waals surface area contributed by atoms with Crippen LogP contribution in [0.4, 0.5) is 8.78 Å². The molecule has 2 N–H and O–H groups in total. The summed E-state index contributed by atoms with van der Waals surface area (Å²) in [5, 5.41) is 12.6. The summed E-state index contributed by atoms with van der Waals surface area (Å²) < 4.78 is 26.8. The highest BCUT2D eigenvalue weighted by Crippen LogP contribution is 2.48. The van der Waals surface area contributed by atoms with Gasteiger partial charge in [-0.15, -0.1) is 0 Å². The van der Waals surface area contributed by atoms with Gasteiger partial charge in [0.2, 0.25) is 5.91 Å². The lowest BCUT2D eigenvalue weighted by Crippen LogP contribution is -2.48. The van der Waals surface area contributed by atoms with Crippen molar-refractivity contribution in [3.05, 3.63) is 35.4 Å². The average molecular weight is 281 g/mol. The van der Waals surface area contributed by atoms with Gasteiger partial charge in [-0.1, -0.05) is 12.1 Å². The number of nitrogens with one attached hydrogen (secondary N) is 1. The van der Waals surface area contributed by atoms with Crippen molar-refractivity contribution in [2.75, 3.05) is 6.54 Å². The minimum absolute atomic E-state index is 0.181. The van der Waals surface area contributed by atoms with Crippen molar-refractivity contribution >= 4 is 5.91 Å². The fraction of sp³-hybridized carbons (Fsp3) is 0.533. The zero-order valence-electron chi connectivity index (χ0n) is 11.0. The van der Waals surface area contributed by atoms with Crippen molar-refractivity contribution < 1.29 is 18.7 Å². The minimum atomic E-state index is -0.877. The second kappa shape index (κ2) is 4.81. The zero-order valence-corrected chi connectivity index (χ0v) is 11.0. The summed E-state index contributed by atoms with van der Waals surface area (Å²) in [5.41, 5.74) is -0.489. The Morgan fingerprint density at radius 3 is 2.80 bits per heavy atom. The van der Waals surface area contributed by atoms with Crippen LogP contribution in [0.1, 0.15) is 37.2 Å². The van der Waals surface area contributed by atoms with Gasteiger partial charge in [0.1, 0.15) is 0 Å². The van der Waals surface area contributed by atoms with Crippen LogP contribution in [0.5, 0.6) is 0 Å². The third-order valence-corrected chi connectivity index (χ3v) is 4.38. The van der Waals surface area contributed by atoms with E-state index in [1.807, 2.05) is 0 Å². The molecule has 2 aliphatic carbocycles. The highest BCUT2D eigenvalue weighted by Gasteiger charge is 2.46. The first-order chi connectivity index (χ1) is 9.50. The van der Waals surface area contributed by atoms with Gasteiger partial charge in [0.25, 0.3) is 0 Å². The Bertz CT molecular complexity index is 543. The quantitative estimate of drug-likeness (QED) is 0.888. The molecule has 0 aromatic heterocycles. The Morgan fingerprint density at radius 1 is 1.40 bits per heavy atom. The summed E-state index contributed by atoms with van der Waals surface area (Å²) in [6, 6.07) is 4.05. The maximum absolute atomic E-state index is 13.6. The van der Waals surface area contributed by atoms with E-state index in [9.17, 15) is 18.7 Å². The van der Waals surface area contributed by atoms with Crippen LogP contribution >= 0.6 is 0 Å². The molecule has 5 heteroatoms. The SMILES string of the molecule is O=C(NCC1(O)CCC1)C1CC1c1cccc(F)c1F. The van der Waals surface area contributed by atoms with Gasteiger partial charge in [0, 0.05) is 12.5 Å². The molecule has 2 atom stereocenters. The summed E-state index contributed by atoms with van der Waals surface area (Å²) >= 11 is 0. The van der Waals surface area contributed by atoms with Crippen LogP contribution in [0.2, 0.25) is 0 Å². The standard InChI is InChI=1S/C15H17F2NO2/c16-12-4-1-3-9(13(12)17)10-7-11(10)14(19)18-8-15(20)5-2-6-15/h1,3-4,10-11,20H,2,5-8H2,(H,18,19). The van der Waals surface area contributed by atoms with Gasteiger partial charge in [-0.25, -0.2) is 8.78 Å². The van der Waals surface area contributed by atoms with Crippen LogP contribution in [0.15, 0.2) is 18.2 Å². The first-order valence-corrected chi connectivity index (χ1v) is 6.94. The van der Waals surface area contributed by atoms with E-state index in [-0.39, 0.29) is 29.9 Å². The van der Waals surface area contributed by atoms with E-state index in [0.29, 0.717) is 19.3 Å². The number of carbonyl (C=O) groups is 1. The number of halogens is 2. The minimum Gasteiger partial charge on any atom is -0.388 e. The molecule has 0 heterocycles. The molecule has 3 rings (SSSR count). The molecule has 0 aliphatic heterocycles. The third kappa shape index (κ3) is 2.42. The predicted molar refractivity (Wildman–Crippen MR) is 69.0 cm³/mol. The van der Waals surface area contributed by atoms with Crippen molar-refractivity contribution in [3.63, 3.8) is 0 Å². The molecule has 0 radical (unpaired) electrons. The topological polar surface area (TPSA) is 49.3 Å². The molecule has 1 aromatic rings. The lowest BCUT2D eigenvalue weighted by Gasteiger charge is -2.36. The van der Waals surface area contributed by atoms with Crippen LogP contribution in [-0.2, 0) is 4.79 Å². The van der Waals surface area contributed by atoms with Crippen LogP contribution in [0.3, 0.4) is 0 Å². The van der Waals surface area contributed by atoms with Crippen LogP contribution in [0.25, 0.3) is 0 Å². The van der Waals surface area contributed by atoms with E-state index in [0.717, 1.165) is 12.5 Å². The normalized spacial score (nSPS) is 26.8. The van der Waals surface area contributed by atoms with E-state index in [1.165, 1.54) is 12.1 Å². The van der Waals surface area contributed by atoms with Crippen molar-refractivity contribution in [1.29, 1.82) is 0 Å². The number of benzene rings is 1. The van der Waals surface area contributed by atoms with Gasteiger partial charge in [0.15, 0.2) is 11.6 Å². The van der Waals surface area contributed by atoms with Crippen molar-refractivity contribution in [3.8, 4) is 0 Å². The number of carbonyl (C=O) groups excluding carboxylic acids is 1. The molecule has 2 unspecified atom stereocenters. The van der Waals surface area contributed by atoms with E-state index >= 15 is 0 Å². The smallest absolute Gasteiger partial charge is 0.223 e. The lowest BCUT2D eigenvalue weighted by atomic mass is 9.80. The van der Waals surface area contributed by atoms with Crippen molar-refractivity contribution in [2.24, 2.45) is 5.92 Å². The number of aliphatic hydroxyl groups is 1. The molecular weight excluding hydrogens is 264 g/mol. The molecule has 1 amide bonds. The summed E-state index contributed by atoms with van der Waals surface area (Å²) in [6.45, 7) is 0.251. The Balaban J connectivity index is 1.58. The maximum atomic E-state index is 13.6. The Morgan fingerprint density at radius 2 is 2.15 bits per heavy atom. The second-order valence-electron chi connectivity index (χ2n) is 5.89. The van der Waals surface area contributed by atoms with Gasteiger partial charge in [-0.05, 0) is 43.2 Å². The first-order valence-electron chi connectivity index (χ1n) is 6.94. The van der Waals surface area contributed by atoms with Crippen molar-refractivity contribution in [1.82, 2.24) is 5.32 Å². The fourth-order valence-electron chi connectivity index (χ4n) is 2.78. The van der Waals surface area contributed by atoms with Crippen LogP contribution in [-0.4, -0.2) is 23.2 Å². The van der Waals surface area contributed by atoms with Gasteiger partial charge >= 0.3 is 0 Å². The number of rotatable bonds is 4. The highest BCUT2D eigenvalue weighted by atomic mass is 19.2. The molecule has 108 valence electrons. The van der Waals surface area contributed by atoms with E-state index < -0.39 is 17.2 Å². The zero-order chi connectivity index (χ0) is 14.3. The Hall–Kier alpha value is -1.49. The number of hydrogen-bond acceptors (Lipinski definition) is 2. The van der Waals surface area contributed by atoms with Gasteiger partial charge in [-0.3, -0.25) is 4.79 Å². The average Bonchev–Trinajstić information content (AvgIpc) is 3.17. The molecule has 1 aromatic carbocycles. The first kappa shape index (κ1) is 13.5. The van der Waals surface area contributed by atoms with Crippen molar-refractivity contribution in [2.45, 2.75) is 37.2 Å². The van der Waals surface area contributed by atoms with E-state index in [2.05, 4.69) is 5.32 Å². The molecule has 2 saturated carbocycles. The molecule has 0 bridgehead atoms. The Labute approximate surface area is 116 Å². The lowest BCUT2D eigenvalue weighted by molar-refractivity contribution is -0.124. The second-order valence-corrected chi connectivity index (χ2v) is 5.89. The molecule has 2 fully saturated rings. The van der Waals surface area contributed by atoms with E-state index in [4.69, 9.17) is 0 Å². The molecule has 0 spiro atoms. The van der Waals surface area contributed by atoms with Crippen LogP contribution < -0.4 is 5.32 Å². The molecule has 3 nitrogen and oxygen atoms in total. The maximum Gasteiger partial charge on any atom is 0.223 e. The predicted octanol–water partition coefficient (Wildman–Crippen LogP) is 2.10. The number of amides is 1. The molecule has 0 saturated heterocycles. The molecular formula is C15H17F2NO2. The third-order valence-electron chi connectivity index (χ3n) is 4.38. The molecule has 2 aliphatic rings. The highest BCUT2D eigenvalue weighted by molar-refractivity contribution is 5.83. The van der Waals surface area contributed by atoms with Gasteiger partial charge < -0.3 is 10.4 Å². The van der Waals surface area contributed by atoms with Gasteiger partial charge in [0.05, 0.1) is 5.60 Å². The summed E-state index contributed by atoms with van der Waals surface area (Å²) in [5.74, 6) is -2.47. The van der Waals surface area contributed by atoms with Crippen LogP contribution in [0, 0.1) is 17.6 Å². The summed E-state index contributed by atoms with van der Waals surface area (Å²) in [6.07, 6.45) is 2.93.